The molecule has 0 aliphatic heterocycles. The van der Waals surface area contributed by atoms with Gasteiger partial charge in [0.15, 0.2) is 5.76 Å². The summed E-state index contributed by atoms with van der Waals surface area (Å²) in [6.45, 7) is 2.01. The van der Waals surface area contributed by atoms with E-state index < -0.39 is 0 Å². The van der Waals surface area contributed by atoms with Gasteiger partial charge in [0.25, 0.3) is 0 Å². The molecule has 0 fully saturated rings. The minimum Gasteiger partial charge on any atom is -0.497 e. The first-order chi connectivity index (χ1) is 10.7. The molecule has 0 amide bonds. The van der Waals surface area contributed by atoms with Crippen molar-refractivity contribution in [2.75, 3.05) is 7.11 Å². The summed E-state index contributed by atoms with van der Waals surface area (Å²) in [5, 5.41) is 0.946. The number of ether oxygens (including phenoxy) is 1. The van der Waals surface area contributed by atoms with E-state index in [4.69, 9.17) is 9.15 Å². The van der Waals surface area contributed by atoms with Crippen molar-refractivity contribution in [1.29, 1.82) is 0 Å². The molecule has 3 heteroatoms. The van der Waals surface area contributed by atoms with Crippen LogP contribution in [0.1, 0.15) is 21.7 Å². The number of carbonyl (C=O) groups excluding carboxylic acids is 1. The van der Waals surface area contributed by atoms with Gasteiger partial charge in [0.05, 0.1) is 7.11 Å². The Morgan fingerprint density at radius 3 is 2.59 bits per heavy atom. The number of rotatable bonds is 4. The highest BCUT2D eigenvalue weighted by Crippen LogP contribution is 2.21. The average molecular weight is 292 g/mol. The van der Waals surface area contributed by atoms with Crippen LogP contribution in [-0.4, -0.2) is 12.9 Å². The summed E-state index contributed by atoms with van der Waals surface area (Å²) >= 11 is 0. The number of methoxy groups -OCH3 is 1. The van der Waals surface area contributed by atoms with E-state index in [0.29, 0.717) is 5.76 Å². The van der Waals surface area contributed by atoms with Crippen molar-refractivity contribution in [1.82, 2.24) is 0 Å². The molecule has 3 nitrogen and oxygen atoms in total. The molecular formula is C19H16O3. The quantitative estimate of drug-likeness (QED) is 0.519. The number of aryl methyl sites for hydroxylation is 1. The lowest BCUT2D eigenvalue weighted by molar-refractivity contribution is 0.102. The average Bonchev–Trinajstić information content (AvgIpc) is 2.96. The molecular weight excluding hydrogens is 276 g/mol. The van der Waals surface area contributed by atoms with Crippen molar-refractivity contribution >= 4 is 22.8 Å². The molecule has 22 heavy (non-hydrogen) atoms. The fourth-order valence-corrected chi connectivity index (χ4v) is 2.25. The minimum absolute atomic E-state index is 0.148. The van der Waals surface area contributed by atoms with Gasteiger partial charge in [-0.05, 0) is 48.9 Å². The second kappa shape index (κ2) is 5.90. The number of furan rings is 1. The van der Waals surface area contributed by atoms with Crippen LogP contribution in [0.5, 0.6) is 5.75 Å². The monoisotopic (exact) mass is 292 g/mol. The van der Waals surface area contributed by atoms with Crippen molar-refractivity contribution in [2.24, 2.45) is 0 Å². The standard InChI is InChI=1S/C19H16O3/c1-13-3-10-18-15(11-13)12-19(22-18)17(20)9-6-14-4-7-16(21-2)8-5-14/h3-12H,1-2H3/b9-6+. The third kappa shape index (κ3) is 2.93. The number of fused-ring (bicyclic) bond motifs is 1. The first-order valence-electron chi connectivity index (χ1n) is 7.02. The highest BCUT2D eigenvalue weighted by molar-refractivity contribution is 6.07. The number of allylic oxidation sites excluding steroid dienone is 1. The van der Waals surface area contributed by atoms with E-state index in [2.05, 4.69) is 0 Å². The van der Waals surface area contributed by atoms with Crippen molar-refractivity contribution in [3.8, 4) is 5.75 Å². The van der Waals surface area contributed by atoms with Gasteiger partial charge in [-0.1, -0.05) is 29.8 Å². The van der Waals surface area contributed by atoms with Crippen LogP contribution in [0.2, 0.25) is 0 Å². The third-order valence-electron chi connectivity index (χ3n) is 3.46. The number of ketones is 1. The zero-order valence-corrected chi connectivity index (χ0v) is 12.5. The molecule has 3 aromatic rings. The second-order valence-corrected chi connectivity index (χ2v) is 5.12. The summed E-state index contributed by atoms with van der Waals surface area (Å²) in [6.07, 6.45) is 3.28. The fourth-order valence-electron chi connectivity index (χ4n) is 2.25. The topological polar surface area (TPSA) is 39.4 Å². The normalized spacial score (nSPS) is 11.2. The zero-order valence-electron chi connectivity index (χ0n) is 12.5. The van der Waals surface area contributed by atoms with Crippen LogP contribution < -0.4 is 4.74 Å². The Morgan fingerprint density at radius 2 is 1.86 bits per heavy atom. The van der Waals surface area contributed by atoms with E-state index in [1.54, 1.807) is 19.3 Å². The van der Waals surface area contributed by atoms with Crippen molar-refractivity contribution in [3.05, 3.63) is 71.5 Å². The van der Waals surface area contributed by atoms with Gasteiger partial charge in [-0.15, -0.1) is 0 Å². The first-order valence-corrected chi connectivity index (χ1v) is 7.02. The molecule has 1 aromatic heterocycles. The zero-order chi connectivity index (χ0) is 15.5. The van der Waals surface area contributed by atoms with Gasteiger partial charge in [0, 0.05) is 5.39 Å². The summed E-state index contributed by atoms with van der Waals surface area (Å²) in [6, 6.07) is 15.1. The molecule has 0 radical (unpaired) electrons. The molecule has 0 atom stereocenters. The minimum atomic E-state index is -0.148. The summed E-state index contributed by atoms with van der Waals surface area (Å²) in [5.74, 6) is 0.992. The maximum Gasteiger partial charge on any atom is 0.221 e. The Kier molecular flexibility index (Phi) is 3.79. The molecule has 3 rings (SSSR count). The van der Waals surface area contributed by atoms with Gasteiger partial charge in [-0.2, -0.15) is 0 Å². The van der Waals surface area contributed by atoms with Gasteiger partial charge < -0.3 is 9.15 Å². The Balaban J connectivity index is 1.81. The Morgan fingerprint density at radius 1 is 1.09 bits per heavy atom. The predicted octanol–water partition coefficient (Wildman–Crippen LogP) is 4.65. The third-order valence-corrected chi connectivity index (χ3v) is 3.46. The van der Waals surface area contributed by atoms with E-state index in [1.807, 2.05) is 49.4 Å². The van der Waals surface area contributed by atoms with E-state index in [0.717, 1.165) is 27.8 Å². The van der Waals surface area contributed by atoms with Crippen LogP contribution in [0.25, 0.3) is 17.0 Å². The van der Waals surface area contributed by atoms with Crippen LogP contribution in [0, 0.1) is 6.92 Å². The Labute approximate surface area is 128 Å². The molecule has 0 N–H and O–H groups in total. The maximum atomic E-state index is 12.2. The summed E-state index contributed by atoms with van der Waals surface area (Å²) in [7, 11) is 1.62. The highest BCUT2D eigenvalue weighted by atomic mass is 16.5. The maximum absolute atomic E-state index is 12.2. The Hall–Kier alpha value is -2.81. The molecule has 0 aliphatic rings. The molecule has 0 bridgehead atoms. The summed E-state index contributed by atoms with van der Waals surface area (Å²) in [5.41, 5.74) is 2.80. The van der Waals surface area contributed by atoms with Gasteiger partial charge in [0.1, 0.15) is 11.3 Å². The van der Waals surface area contributed by atoms with E-state index in [9.17, 15) is 4.79 Å². The van der Waals surface area contributed by atoms with Crippen molar-refractivity contribution in [3.63, 3.8) is 0 Å². The lowest BCUT2D eigenvalue weighted by atomic mass is 10.1. The lowest BCUT2D eigenvalue weighted by Crippen LogP contribution is -1.90. The second-order valence-electron chi connectivity index (χ2n) is 5.12. The number of hydrogen-bond donors (Lipinski definition) is 0. The lowest BCUT2D eigenvalue weighted by Gasteiger charge is -1.98. The van der Waals surface area contributed by atoms with Crippen LogP contribution in [0.3, 0.4) is 0 Å². The molecule has 0 unspecified atom stereocenters. The summed E-state index contributed by atoms with van der Waals surface area (Å²) in [4.78, 5) is 12.2. The Bertz CT molecular complexity index is 839. The smallest absolute Gasteiger partial charge is 0.221 e. The molecule has 110 valence electrons. The number of hydrogen-bond acceptors (Lipinski definition) is 3. The van der Waals surface area contributed by atoms with Gasteiger partial charge in [-0.3, -0.25) is 4.79 Å². The molecule has 0 saturated carbocycles. The SMILES string of the molecule is COc1ccc(/C=C/C(=O)c2cc3cc(C)ccc3o2)cc1. The van der Waals surface area contributed by atoms with Crippen LogP contribution in [0.4, 0.5) is 0 Å². The number of benzene rings is 2. The van der Waals surface area contributed by atoms with Gasteiger partial charge >= 0.3 is 0 Å². The molecule has 1 heterocycles. The van der Waals surface area contributed by atoms with Crippen LogP contribution in [0.15, 0.2) is 59.0 Å². The summed E-state index contributed by atoms with van der Waals surface area (Å²) < 4.78 is 10.7. The van der Waals surface area contributed by atoms with E-state index in [1.165, 1.54) is 6.08 Å². The fraction of sp³-hybridized carbons (Fsp3) is 0.105. The van der Waals surface area contributed by atoms with Gasteiger partial charge in [0.2, 0.25) is 5.78 Å². The highest BCUT2D eigenvalue weighted by Gasteiger charge is 2.09. The number of carbonyl (C=O) groups is 1. The van der Waals surface area contributed by atoms with E-state index >= 15 is 0 Å². The van der Waals surface area contributed by atoms with Crippen molar-refractivity contribution < 1.29 is 13.9 Å². The van der Waals surface area contributed by atoms with E-state index in [-0.39, 0.29) is 5.78 Å². The van der Waals surface area contributed by atoms with Gasteiger partial charge in [-0.25, -0.2) is 0 Å². The van der Waals surface area contributed by atoms with Crippen molar-refractivity contribution in [2.45, 2.75) is 6.92 Å². The molecule has 2 aromatic carbocycles. The van der Waals surface area contributed by atoms with Crippen LogP contribution >= 0.6 is 0 Å². The first kappa shape index (κ1) is 14.1. The largest absolute Gasteiger partial charge is 0.497 e. The molecule has 0 saturated heterocycles. The molecule has 0 spiro atoms. The predicted molar refractivity (Wildman–Crippen MR) is 87.3 cm³/mol. The molecule has 0 aliphatic carbocycles. The van der Waals surface area contributed by atoms with Crippen LogP contribution in [-0.2, 0) is 0 Å².